The molecule has 0 unspecified atom stereocenters. The number of carbonyl (C=O) groups excluding carboxylic acids is 1. The fourth-order valence-corrected chi connectivity index (χ4v) is 2.34. The van der Waals surface area contributed by atoms with E-state index in [4.69, 9.17) is 11.6 Å². The second-order valence-electron chi connectivity index (χ2n) is 5.25. The maximum absolute atomic E-state index is 13.3. The molecule has 0 aliphatic heterocycles. The van der Waals surface area contributed by atoms with E-state index >= 15 is 0 Å². The van der Waals surface area contributed by atoms with Gasteiger partial charge in [0.05, 0.1) is 5.02 Å². The van der Waals surface area contributed by atoms with Crippen molar-refractivity contribution in [3.8, 4) is 0 Å². The molecule has 1 amide bonds. The minimum Gasteiger partial charge on any atom is -0.311 e. The molecule has 1 aromatic carbocycles. The minimum atomic E-state index is -0.207. The highest BCUT2D eigenvalue weighted by atomic mass is 35.5. The lowest BCUT2D eigenvalue weighted by atomic mass is 10.0. The summed E-state index contributed by atoms with van der Waals surface area (Å²) >= 11 is 5.73. The van der Waals surface area contributed by atoms with Gasteiger partial charge >= 0.3 is 0 Å². The van der Waals surface area contributed by atoms with E-state index in [1.807, 2.05) is 13.0 Å². The molecule has 0 saturated carbocycles. The van der Waals surface area contributed by atoms with Gasteiger partial charge in [0.1, 0.15) is 11.6 Å². The van der Waals surface area contributed by atoms with Gasteiger partial charge in [-0.3, -0.25) is 4.79 Å². The van der Waals surface area contributed by atoms with Crippen molar-refractivity contribution in [2.24, 2.45) is 0 Å². The van der Waals surface area contributed by atoms with Crippen molar-refractivity contribution in [3.05, 3.63) is 58.5 Å². The average molecular weight is 321 g/mol. The molecule has 116 valence electrons. The standard InChI is InChI=1S/C17H18ClFN2O/c1-12-8-13(10-15(19)9-12)4-2-3-5-17(22)21-16-7-6-14(18)11-20-16/h6-11H,2-5H2,1H3,(H,20,21,22). The maximum atomic E-state index is 13.3. The molecule has 0 aliphatic rings. The Morgan fingerprint density at radius 1 is 1.27 bits per heavy atom. The Morgan fingerprint density at radius 3 is 2.77 bits per heavy atom. The number of benzene rings is 1. The van der Waals surface area contributed by atoms with Crippen LogP contribution in [0.25, 0.3) is 0 Å². The van der Waals surface area contributed by atoms with Crippen LogP contribution in [0.1, 0.15) is 30.4 Å². The number of hydrogen-bond donors (Lipinski definition) is 1. The number of pyridine rings is 1. The molecule has 0 fully saturated rings. The van der Waals surface area contributed by atoms with Crippen LogP contribution in [0.3, 0.4) is 0 Å². The predicted octanol–water partition coefficient (Wildman–Crippen LogP) is 4.53. The van der Waals surface area contributed by atoms with Crippen LogP contribution < -0.4 is 5.32 Å². The summed E-state index contributed by atoms with van der Waals surface area (Å²) in [5.41, 5.74) is 1.89. The second kappa shape index (κ2) is 7.90. The van der Waals surface area contributed by atoms with Crippen molar-refractivity contribution < 1.29 is 9.18 Å². The normalized spacial score (nSPS) is 10.5. The molecule has 3 nitrogen and oxygen atoms in total. The van der Waals surface area contributed by atoms with Gasteiger partial charge in [0.25, 0.3) is 0 Å². The zero-order valence-corrected chi connectivity index (χ0v) is 13.2. The first-order valence-electron chi connectivity index (χ1n) is 7.20. The smallest absolute Gasteiger partial charge is 0.225 e. The fraction of sp³-hybridized carbons (Fsp3) is 0.294. The summed E-state index contributed by atoms with van der Waals surface area (Å²) in [6.45, 7) is 1.87. The number of aryl methyl sites for hydroxylation is 2. The van der Waals surface area contributed by atoms with Gasteiger partial charge in [-0.2, -0.15) is 0 Å². The van der Waals surface area contributed by atoms with E-state index in [1.165, 1.54) is 12.3 Å². The number of rotatable bonds is 6. The third-order valence-electron chi connectivity index (χ3n) is 3.22. The number of nitrogens with zero attached hydrogens (tertiary/aromatic N) is 1. The number of halogens is 2. The Hall–Kier alpha value is -1.94. The largest absolute Gasteiger partial charge is 0.311 e. The average Bonchev–Trinajstić information content (AvgIpc) is 2.45. The topological polar surface area (TPSA) is 42.0 Å². The highest BCUT2D eigenvalue weighted by Crippen LogP contribution is 2.13. The number of aromatic nitrogens is 1. The molecule has 5 heteroatoms. The zero-order chi connectivity index (χ0) is 15.9. The van der Waals surface area contributed by atoms with Crippen molar-refractivity contribution in [1.29, 1.82) is 0 Å². The molecule has 1 N–H and O–H groups in total. The fourth-order valence-electron chi connectivity index (χ4n) is 2.23. The summed E-state index contributed by atoms with van der Waals surface area (Å²) in [7, 11) is 0. The first kappa shape index (κ1) is 16.4. The summed E-state index contributed by atoms with van der Waals surface area (Å²) in [5, 5.41) is 3.25. The minimum absolute atomic E-state index is 0.0785. The summed E-state index contributed by atoms with van der Waals surface area (Å²) in [4.78, 5) is 15.8. The van der Waals surface area contributed by atoms with Crippen LogP contribution in [-0.2, 0) is 11.2 Å². The Bertz CT molecular complexity index is 623. The number of amides is 1. The third kappa shape index (κ3) is 5.45. The van der Waals surface area contributed by atoms with E-state index in [0.29, 0.717) is 17.3 Å². The van der Waals surface area contributed by atoms with Crippen LogP contribution in [0.5, 0.6) is 0 Å². The molecular weight excluding hydrogens is 303 g/mol. The molecule has 0 aliphatic carbocycles. The van der Waals surface area contributed by atoms with Gasteiger partial charge in [0.15, 0.2) is 0 Å². The van der Waals surface area contributed by atoms with Crippen LogP contribution in [0, 0.1) is 12.7 Å². The Labute approximate surface area is 134 Å². The van der Waals surface area contributed by atoms with Crippen molar-refractivity contribution in [2.75, 3.05) is 5.32 Å². The van der Waals surface area contributed by atoms with Crippen molar-refractivity contribution in [2.45, 2.75) is 32.6 Å². The van der Waals surface area contributed by atoms with E-state index in [2.05, 4.69) is 10.3 Å². The van der Waals surface area contributed by atoms with E-state index in [0.717, 1.165) is 30.4 Å². The molecule has 0 spiro atoms. The number of hydrogen-bond acceptors (Lipinski definition) is 2. The van der Waals surface area contributed by atoms with Gasteiger partial charge in [0, 0.05) is 12.6 Å². The molecule has 0 saturated heterocycles. The monoisotopic (exact) mass is 320 g/mol. The van der Waals surface area contributed by atoms with Crippen LogP contribution >= 0.6 is 11.6 Å². The molecule has 0 radical (unpaired) electrons. The summed E-state index contributed by atoms with van der Waals surface area (Å²) in [5.74, 6) is 0.210. The Kier molecular flexibility index (Phi) is 5.90. The van der Waals surface area contributed by atoms with Gasteiger partial charge in [-0.25, -0.2) is 9.37 Å². The summed E-state index contributed by atoms with van der Waals surface area (Å²) < 4.78 is 13.3. The number of nitrogens with one attached hydrogen (secondary N) is 1. The molecule has 0 bridgehead atoms. The highest BCUT2D eigenvalue weighted by Gasteiger charge is 2.04. The van der Waals surface area contributed by atoms with Crippen LogP contribution in [-0.4, -0.2) is 10.9 Å². The van der Waals surface area contributed by atoms with Crippen molar-refractivity contribution >= 4 is 23.3 Å². The molecule has 1 aromatic heterocycles. The lowest BCUT2D eigenvalue weighted by Gasteiger charge is -2.05. The van der Waals surface area contributed by atoms with Gasteiger partial charge in [-0.05, 0) is 61.6 Å². The summed E-state index contributed by atoms with van der Waals surface area (Å²) in [6.07, 6.45) is 4.26. The van der Waals surface area contributed by atoms with Gasteiger partial charge < -0.3 is 5.32 Å². The van der Waals surface area contributed by atoms with E-state index < -0.39 is 0 Å². The van der Waals surface area contributed by atoms with Crippen LogP contribution in [0.15, 0.2) is 36.5 Å². The molecule has 2 rings (SSSR count). The second-order valence-corrected chi connectivity index (χ2v) is 5.69. The predicted molar refractivity (Wildman–Crippen MR) is 86.6 cm³/mol. The van der Waals surface area contributed by atoms with Crippen LogP contribution in [0.2, 0.25) is 5.02 Å². The molecule has 2 aromatic rings. The van der Waals surface area contributed by atoms with Gasteiger partial charge in [-0.1, -0.05) is 17.7 Å². The highest BCUT2D eigenvalue weighted by molar-refractivity contribution is 6.30. The van der Waals surface area contributed by atoms with Crippen molar-refractivity contribution in [1.82, 2.24) is 4.98 Å². The third-order valence-corrected chi connectivity index (χ3v) is 3.44. The lowest BCUT2D eigenvalue weighted by Crippen LogP contribution is -2.12. The van der Waals surface area contributed by atoms with Gasteiger partial charge in [0.2, 0.25) is 5.91 Å². The SMILES string of the molecule is Cc1cc(F)cc(CCCCC(=O)Nc2ccc(Cl)cn2)c1. The maximum Gasteiger partial charge on any atom is 0.225 e. The number of carbonyl (C=O) groups is 1. The quantitative estimate of drug-likeness (QED) is 0.794. The van der Waals surface area contributed by atoms with Crippen molar-refractivity contribution in [3.63, 3.8) is 0 Å². The van der Waals surface area contributed by atoms with E-state index in [9.17, 15) is 9.18 Å². The first-order valence-corrected chi connectivity index (χ1v) is 7.58. The number of unbranched alkanes of at least 4 members (excludes halogenated alkanes) is 1. The first-order chi connectivity index (χ1) is 10.5. The summed E-state index contributed by atoms with van der Waals surface area (Å²) in [6, 6.07) is 8.37. The Balaban J connectivity index is 1.71. The zero-order valence-electron chi connectivity index (χ0n) is 12.4. The number of anilines is 1. The van der Waals surface area contributed by atoms with Gasteiger partial charge in [-0.15, -0.1) is 0 Å². The molecule has 1 heterocycles. The lowest BCUT2D eigenvalue weighted by molar-refractivity contribution is -0.116. The van der Waals surface area contributed by atoms with Crippen LogP contribution in [0.4, 0.5) is 10.2 Å². The van der Waals surface area contributed by atoms with E-state index in [1.54, 1.807) is 18.2 Å². The molecule has 22 heavy (non-hydrogen) atoms. The Morgan fingerprint density at radius 2 is 2.09 bits per heavy atom. The molecule has 0 atom stereocenters. The molecular formula is C17H18ClFN2O. The van der Waals surface area contributed by atoms with E-state index in [-0.39, 0.29) is 11.7 Å².